The number of hydrogen-bond donors (Lipinski definition) is 2. The predicted octanol–water partition coefficient (Wildman–Crippen LogP) is 0.233. The van der Waals surface area contributed by atoms with Crippen molar-refractivity contribution >= 4 is 5.91 Å². The first kappa shape index (κ1) is 13.3. The third kappa shape index (κ3) is 3.01. The van der Waals surface area contributed by atoms with Gasteiger partial charge in [-0.15, -0.1) is 0 Å². The van der Waals surface area contributed by atoms with Gasteiger partial charge >= 0.3 is 0 Å². The molecule has 0 atom stereocenters. The molecule has 5 nitrogen and oxygen atoms in total. The van der Waals surface area contributed by atoms with Crippen molar-refractivity contribution in [3.63, 3.8) is 0 Å². The summed E-state index contributed by atoms with van der Waals surface area (Å²) in [5.41, 5.74) is -0.603. The van der Waals surface area contributed by atoms with Crippen molar-refractivity contribution in [1.29, 1.82) is 5.26 Å². The molecule has 0 bridgehead atoms. The molecule has 1 aliphatic carbocycles. The second-order valence-corrected chi connectivity index (χ2v) is 5.53. The molecule has 5 heteroatoms. The van der Waals surface area contributed by atoms with E-state index in [4.69, 9.17) is 0 Å². The maximum absolute atomic E-state index is 12.0. The summed E-state index contributed by atoms with van der Waals surface area (Å²) in [7, 11) is 1.96. The summed E-state index contributed by atoms with van der Waals surface area (Å²) in [6.45, 7) is 2.29. The SMILES string of the molecule is CN(CC(=O)NC1(C#N)CCCCC1)C1CNC1. The van der Waals surface area contributed by atoms with Crippen LogP contribution in [-0.2, 0) is 4.79 Å². The molecule has 0 unspecified atom stereocenters. The summed E-state index contributed by atoms with van der Waals surface area (Å²) in [4.78, 5) is 14.1. The van der Waals surface area contributed by atoms with Crippen molar-refractivity contribution in [3.8, 4) is 6.07 Å². The van der Waals surface area contributed by atoms with Crippen LogP contribution in [0.15, 0.2) is 0 Å². The predicted molar refractivity (Wildman–Crippen MR) is 68.9 cm³/mol. The van der Waals surface area contributed by atoms with Crippen LogP contribution >= 0.6 is 0 Å². The zero-order valence-electron chi connectivity index (χ0n) is 11.0. The largest absolute Gasteiger partial charge is 0.337 e. The van der Waals surface area contributed by atoms with Gasteiger partial charge in [-0.2, -0.15) is 5.26 Å². The van der Waals surface area contributed by atoms with Crippen molar-refractivity contribution in [1.82, 2.24) is 15.5 Å². The van der Waals surface area contributed by atoms with E-state index in [0.717, 1.165) is 38.8 Å². The van der Waals surface area contributed by atoms with E-state index < -0.39 is 5.54 Å². The molecule has 0 aromatic carbocycles. The Morgan fingerprint density at radius 1 is 1.44 bits per heavy atom. The van der Waals surface area contributed by atoms with Crippen LogP contribution in [0.5, 0.6) is 0 Å². The Kier molecular flexibility index (Phi) is 4.20. The van der Waals surface area contributed by atoms with Gasteiger partial charge in [-0.05, 0) is 19.9 Å². The molecule has 1 amide bonds. The molecule has 1 aliphatic heterocycles. The number of rotatable bonds is 4. The smallest absolute Gasteiger partial charge is 0.235 e. The highest BCUT2D eigenvalue weighted by Gasteiger charge is 2.34. The first-order chi connectivity index (χ1) is 8.65. The minimum Gasteiger partial charge on any atom is -0.337 e. The summed E-state index contributed by atoms with van der Waals surface area (Å²) in [6, 6.07) is 2.77. The van der Waals surface area contributed by atoms with Gasteiger partial charge in [0.15, 0.2) is 0 Å². The van der Waals surface area contributed by atoms with E-state index in [1.807, 2.05) is 7.05 Å². The lowest BCUT2D eigenvalue weighted by Gasteiger charge is -2.36. The standard InChI is InChI=1S/C13H22N4O/c1-17(11-7-15-8-11)9-12(18)16-13(10-14)5-3-2-4-6-13/h11,15H,2-9H2,1H3,(H,16,18). The molecule has 1 saturated heterocycles. The lowest BCUT2D eigenvalue weighted by molar-refractivity contribution is -0.124. The zero-order chi connectivity index (χ0) is 13.0. The van der Waals surface area contributed by atoms with Crippen LogP contribution in [0.25, 0.3) is 0 Å². The van der Waals surface area contributed by atoms with Gasteiger partial charge in [0.25, 0.3) is 0 Å². The summed E-state index contributed by atoms with van der Waals surface area (Å²) in [5, 5.41) is 15.4. The van der Waals surface area contributed by atoms with E-state index in [1.165, 1.54) is 6.42 Å². The third-order valence-electron chi connectivity index (χ3n) is 4.08. The molecule has 1 saturated carbocycles. The van der Waals surface area contributed by atoms with Gasteiger partial charge in [0.2, 0.25) is 5.91 Å². The number of nitrogens with zero attached hydrogens (tertiary/aromatic N) is 2. The van der Waals surface area contributed by atoms with Crippen molar-refractivity contribution < 1.29 is 4.79 Å². The Balaban J connectivity index is 1.83. The Morgan fingerprint density at radius 2 is 2.11 bits per heavy atom. The molecule has 2 aliphatic rings. The van der Waals surface area contributed by atoms with E-state index in [-0.39, 0.29) is 5.91 Å². The normalized spacial score (nSPS) is 23.2. The first-order valence-electron chi connectivity index (χ1n) is 6.78. The number of nitrogens with one attached hydrogen (secondary N) is 2. The number of amides is 1. The second kappa shape index (κ2) is 5.68. The summed E-state index contributed by atoms with van der Waals surface area (Å²) in [6.07, 6.45) is 4.84. The summed E-state index contributed by atoms with van der Waals surface area (Å²) < 4.78 is 0. The highest BCUT2D eigenvalue weighted by atomic mass is 16.2. The number of carbonyl (C=O) groups is 1. The summed E-state index contributed by atoms with van der Waals surface area (Å²) >= 11 is 0. The van der Waals surface area contributed by atoms with E-state index in [9.17, 15) is 10.1 Å². The molecule has 2 rings (SSSR count). The van der Waals surface area contributed by atoms with Gasteiger partial charge in [-0.25, -0.2) is 0 Å². The van der Waals surface area contributed by atoms with Gasteiger partial charge in [0.1, 0.15) is 5.54 Å². The molecule has 100 valence electrons. The fraction of sp³-hybridized carbons (Fsp3) is 0.846. The van der Waals surface area contributed by atoms with Crippen molar-refractivity contribution in [3.05, 3.63) is 0 Å². The van der Waals surface area contributed by atoms with Gasteiger partial charge in [0, 0.05) is 19.1 Å². The average Bonchev–Trinajstić information content (AvgIpc) is 2.27. The fourth-order valence-corrected chi connectivity index (χ4v) is 2.67. The lowest BCUT2D eigenvalue weighted by atomic mass is 9.83. The van der Waals surface area contributed by atoms with E-state index in [2.05, 4.69) is 21.6 Å². The van der Waals surface area contributed by atoms with Gasteiger partial charge in [-0.3, -0.25) is 9.69 Å². The Bertz CT molecular complexity index is 339. The number of carbonyl (C=O) groups excluding carboxylic acids is 1. The molecular weight excluding hydrogens is 228 g/mol. The Morgan fingerprint density at radius 3 is 2.61 bits per heavy atom. The first-order valence-corrected chi connectivity index (χ1v) is 6.78. The van der Waals surface area contributed by atoms with E-state index >= 15 is 0 Å². The van der Waals surface area contributed by atoms with Crippen LogP contribution in [0.1, 0.15) is 32.1 Å². The minimum atomic E-state index is -0.603. The molecule has 0 aromatic heterocycles. The molecule has 0 spiro atoms. The average molecular weight is 250 g/mol. The van der Waals surface area contributed by atoms with Crippen molar-refractivity contribution in [2.24, 2.45) is 0 Å². The van der Waals surface area contributed by atoms with Crippen LogP contribution in [0.2, 0.25) is 0 Å². The Hall–Kier alpha value is -1.12. The topological polar surface area (TPSA) is 68.2 Å². The second-order valence-electron chi connectivity index (χ2n) is 5.53. The number of likely N-dealkylation sites (N-methyl/N-ethyl adjacent to an activating group) is 1. The van der Waals surface area contributed by atoms with Crippen LogP contribution in [0, 0.1) is 11.3 Å². The molecule has 0 radical (unpaired) electrons. The highest BCUT2D eigenvalue weighted by molar-refractivity contribution is 5.79. The van der Waals surface area contributed by atoms with Crippen LogP contribution in [-0.4, -0.2) is 49.1 Å². The lowest BCUT2D eigenvalue weighted by Crippen LogP contribution is -2.59. The van der Waals surface area contributed by atoms with Crippen LogP contribution in [0.4, 0.5) is 0 Å². The number of hydrogen-bond acceptors (Lipinski definition) is 4. The maximum atomic E-state index is 12.0. The molecule has 2 N–H and O–H groups in total. The van der Waals surface area contributed by atoms with E-state index in [0.29, 0.717) is 12.6 Å². The van der Waals surface area contributed by atoms with Crippen molar-refractivity contribution in [2.75, 3.05) is 26.7 Å². The fourth-order valence-electron chi connectivity index (χ4n) is 2.67. The molecule has 0 aromatic rings. The molecule has 18 heavy (non-hydrogen) atoms. The van der Waals surface area contributed by atoms with E-state index in [1.54, 1.807) is 0 Å². The summed E-state index contributed by atoms with van der Waals surface area (Å²) in [5.74, 6) is -0.0205. The van der Waals surface area contributed by atoms with Crippen LogP contribution in [0.3, 0.4) is 0 Å². The van der Waals surface area contributed by atoms with Gasteiger partial charge < -0.3 is 10.6 Å². The number of nitriles is 1. The van der Waals surface area contributed by atoms with Crippen molar-refractivity contribution in [2.45, 2.75) is 43.7 Å². The zero-order valence-corrected chi connectivity index (χ0v) is 11.0. The quantitative estimate of drug-likeness (QED) is 0.749. The van der Waals surface area contributed by atoms with Crippen LogP contribution < -0.4 is 10.6 Å². The maximum Gasteiger partial charge on any atom is 0.235 e. The Labute approximate surface area is 109 Å². The third-order valence-corrected chi connectivity index (χ3v) is 4.08. The molecular formula is C13H22N4O. The van der Waals surface area contributed by atoms with Gasteiger partial charge in [0.05, 0.1) is 12.6 Å². The minimum absolute atomic E-state index is 0.0205. The highest BCUT2D eigenvalue weighted by Crippen LogP contribution is 2.27. The monoisotopic (exact) mass is 250 g/mol. The molecule has 1 heterocycles. The molecule has 2 fully saturated rings. The van der Waals surface area contributed by atoms with Gasteiger partial charge in [-0.1, -0.05) is 19.3 Å².